The molecule has 112 valence electrons. The second kappa shape index (κ2) is 7.83. The van der Waals surface area contributed by atoms with Crippen molar-refractivity contribution < 1.29 is 14.7 Å². The molecule has 1 atom stereocenters. The van der Waals surface area contributed by atoms with Gasteiger partial charge in [-0.3, -0.25) is 14.6 Å². The Hall–Kier alpha value is -1.82. The van der Waals surface area contributed by atoms with E-state index in [1.165, 1.54) is 0 Å². The molecular weight excluding hydrogens is 288 g/mol. The average Bonchev–Trinajstić information content (AvgIpc) is 2.97. The van der Waals surface area contributed by atoms with Crippen LogP contribution in [0.5, 0.6) is 0 Å². The summed E-state index contributed by atoms with van der Waals surface area (Å²) < 4.78 is 0. The maximum absolute atomic E-state index is 12.0. The minimum absolute atomic E-state index is 0.0799. The second-order valence-electron chi connectivity index (χ2n) is 4.77. The lowest BCUT2D eigenvalue weighted by atomic mass is 10.2. The summed E-state index contributed by atoms with van der Waals surface area (Å²) >= 11 is 1.59. The van der Waals surface area contributed by atoms with Crippen LogP contribution in [0.1, 0.15) is 24.8 Å². The van der Waals surface area contributed by atoms with E-state index in [1.54, 1.807) is 11.8 Å². The minimum Gasteiger partial charge on any atom is -0.481 e. The maximum Gasteiger partial charge on any atom is 0.303 e. The number of nitrogens with one attached hydrogen (secondary N) is 1. The zero-order chi connectivity index (χ0) is 15.1. The smallest absolute Gasteiger partial charge is 0.303 e. The van der Waals surface area contributed by atoms with Gasteiger partial charge in [-0.2, -0.15) is 0 Å². The standard InChI is InChI=1S/C15H18N2O3S/c18-13(19)8-4-5-9-16-14(20)12-10-21-15(17-12)11-6-2-1-3-7-11/h1-3,6-7,12H,4-5,8-10H2,(H,16,20)(H,18,19). The van der Waals surface area contributed by atoms with E-state index in [0.29, 0.717) is 25.1 Å². The fraction of sp³-hybridized carbons (Fsp3) is 0.400. The van der Waals surface area contributed by atoms with Crippen LogP contribution in [-0.2, 0) is 9.59 Å². The zero-order valence-electron chi connectivity index (χ0n) is 11.6. The van der Waals surface area contributed by atoms with Crippen molar-refractivity contribution in [3.8, 4) is 0 Å². The Kier molecular flexibility index (Phi) is 5.80. The van der Waals surface area contributed by atoms with E-state index in [2.05, 4.69) is 10.3 Å². The Balaban J connectivity index is 1.77. The fourth-order valence-corrected chi connectivity index (χ4v) is 3.02. The van der Waals surface area contributed by atoms with Gasteiger partial charge in [0, 0.05) is 24.3 Å². The Morgan fingerprint density at radius 3 is 2.76 bits per heavy atom. The number of carbonyl (C=O) groups is 2. The van der Waals surface area contributed by atoms with Gasteiger partial charge < -0.3 is 10.4 Å². The normalized spacial score (nSPS) is 17.3. The molecule has 0 aromatic heterocycles. The number of thioether (sulfide) groups is 1. The monoisotopic (exact) mass is 306 g/mol. The summed E-state index contributed by atoms with van der Waals surface area (Å²) in [6.07, 6.45) is 1.40. The molecule has 0 saturated carbocycles. The van der Waals surface area contributed by atoms with Gasteiger partial charge in [-0.15, -0.1) is 11.8 Å². The molecule has 1 unspecified atom stereocenters. The largest absolute Gasteiger partial charge is 0.481 e. The summed E-state index contributed by atoms with van der Waals surface area (Å²) in [4.78, 5) is 26.8. The summed E-state index contributed by atoms with van der Waals surface area (Å²) in [6, 6.07) is 9.48. The van der Waals surface area contributed by atoms with Gasteiger partial charge in [0.05, 0.1) is 5.04 Å². The molecule has 1 aromatic carbocycles. The summed E-state index contributed by atoms with van der Waals surface area (Å²) in [6.45, 7) is 0.503. The highest BCUT2D eigenvalue weighted by Crippen LogP contribution is 2.23. The quantitative estimate of drug-likeness (QED) is 0.754. The molecule has 0 spiro atoms. The zero-order valence-corrected chi connectivity index (χ0v) is 12.4. The van der Waals surface area contributed by atoms with Gasteiger partial charge in [-0.25, -0.2) is 0 Å². The summed E-state index contributed by atoms with van der Waals surface area (Å²) in [7, 11) is 0. The van der Waals surface area contributed by atoms with Gasteiger partial charge in [0.1, 0.15) is 6.04 Å². The van der Waals surface area contributed by atoms with Crippen LogP contribution in [0.15, 0.2) is 35.3 Å². The van der Waals surface area contributed by atoms with Crippen molar-refractivity contribution in [3.05, 3.63) is 35.9 Å². The molecule has 6 heteroatoms. The molecule has 1 aliphatic rings. The summed E-state index contributed by atoms with van der Waals surface area (Å²) in [5.74, 6) is -0.222. The molecule has 5 nitrogen and oxygen atoms in total. The number of unbranched alkanes of at least 4 members (excludes halogenated alkanes) is 1. The molecule has 1 aliphatic heterocycles. The van der Waals surface area contributed by atoms with Gasteiger partial charge in [-0.05, 0) is 12.8 Å². The topological polar surface area (TPSA) is 78.8 Å². The number of aliphatic imine (C=N–C) groups is 1. The molecule has 2 N–H and O–H groups in total. The highest BCUT2D eigenvalue weighted by Gasteiger charge is 2.25. The molecule has 0 radical (unpaired) electrons. The lowest BCUT2D eigenvalue weighted by Gasteiger charge is -2.07. The first-order valence-electron chi connectivity index (χ1n) is 6.92. The number of carboxylic acids is 1. The van der Waals surface area contributed by atoms with E-state index < -0.39 is 5.97 Å². The Morgan fingerprint density at radius 1 is 1.29 bits per heavy atom. The van der Waals surface area contributed by atoms with E-state index in [-0.39, 0.29) is 18.4 Å². The number of hydrogen-bond acceptors (Lipinski definition) is 4. The number of benzene rings is 1. The van der Waals surface area contributed by atoms with Crippen molar-refractivity contribution in [2.45, 2.75) is 25.3 Å². The highest BCUT2D eigenvalue weighted by molar-refractivity contribution is 8.14. The number of aliphatic carboxylic acids is 1. The third-order valence-corrected chi connectivity index (χ3v) is 4.19. The van der Waals surface area contributed by atoms with Crippen molar-refractivity contribution in [2.24, 2.45) is 4.99 Å². The molecule has 21 heavy (non-hydrogen) atoms. The number of hydrogen-bond donors (Lipinski definition) is 2. The minimum atomic E-state index is -0.800. The van der Waals surface area contributed by atoms with Crippen LogP contribution >= 0.6 is 11.8 Å². The lowest BCUT2D eigenvalue weighted by Crippen LogP contribution is -2.34. The van der Waals surface area contributed by atoms with Crippen LogP contribution in [0.3, 0.4) is 0 Å². The molecule has 1 amide bonds. The van der Waals surface area contributed by atoms with Crippen molar-refractivity contribution in [1.82, 2.24) is 5.32 Å². The molecule has 0 fully saturated rings. The Labute approximate surface area is 127 Å². The van der Waals surface area contributed by atoms with E-state index in [9.17, 15) is 9.59 Å². The number of carboxylic acid groups (broad SMARTS) is 1. The Bertz CT molecular complexity index is 531. The van der Waals surface area contributed by atoms with E-state index in [0.717, 1.165) is 10.6 Å². The van der Waals surface area contributed by atoms with Gasteiger partial charge in [0.2, 0.25) is 5.91 Å². The lowest BCUT2D eigenvalue weighted by molar-refractivity contribution is -0.137. The van der Waals surface area contributed by atoms with Gasteiger partial charge in [0.15, 0.2) is 0 Å². The predicted octanol–water partition coefficient (Wildman–Crippen LogP) is 1.92. The van der Waals surface area contributed by atoms with Gasteiger partial charge >= 0.3 is 5.97 Å². The van der Waals surface area contributed by atoms with Crippen LogP contribution in [0.25, 0.3) is 0 Å². The predicted molar refractivity (Wildman–Crippen MR) is 83.7 cm³/mol. The van der Waals surface area contributed by atoms with Crippen molar-refractivity contribution in [1.29, 1.82) is 0 Å². The van der Waals surface area contributed by atoms with Crippen LogP contribution in [0.2, 0.25) is 0 Å². The van der Waals surface area contributed by atoms with E-state index in [1.807, 2.05) is 30.3 Å². The highest BCUT2D eigenvalue weighted by atomic mass is 32.2. The van der Waals surface area contributed by atoms with Crippen LogP contribution in [-0.4, -0.2) is 40.4 Å². The molecule has 2 rings (SSSR count). The third kappa shape index (κ3) is 4.90. The maximum atomic E-state index is 12.0. The number of nitrogens with zero attached hydrogens (tertiary/aromatic N) is 1. The first-order valence-corrected chi connectivity index (χ1v) is 7.91. The van der Waals surface area contributed by atoms with Crippen LogP contribution < -0.4 is 5.32 Å². The molecular formula is C15H18N2O3S. The van der Waals surface area contributed by atoms with Crippen molar-refractivity contribution >= 4 is 28.7 Å². The molecule has 0 saturated heterocycles. The fourth-order valence-electron chi connectivity index (χ4n) is 1.98. The van der Waals surface area contributed by atoms with Gasteiger partial charge in [0.25, 0.3) is 0 Å². The first kappa shape index (κ1) is 15.6. The summed E-state index contributed by atoms with van der Waals surface area (Å²) in [5, 5.41) is 12.2. The third-order valence-electron chi connectivity index (χ3n) is 3.09. The number of carbonyl (C=O) groups excluding carboxylic acids is 1. The van der Waals surface area contributed by atoms with Crippen LogP contribution in [0, 0.1) is 0 Å². The number of rotatable bonds is 7. The molecule has 0 aliphatic carbocycles. The van der Waals surface area contributed by atoms with E-state index >= 15 is 0 Å². The molecule has 0 bridgehead atoms. The molecule has 1 heterocycles. The van der Waals surface area contributed by atoms with Crippen molar-refractivity contribution in [2.75, 3.05) is 12.3 Å². The SMILES string of the molecule is O=C(O)CCCCNC(=O)C1CSC(c2ccccc2)=N1. The van der Waals surface area contributed by atoms with Crippen LogP contribution in [0.4, 0.5) is 0 Å². The molecule has 1 aromatic rings. The van der Waals surface area contributed by atoms with Gasteiger partial charge in [-0.1, -0.05) is 30.3 Å². The van der Waals surface area contributed by atoms with E-state index in [4.69, 9.17) is 5.11 Å². The number of amides is 1. The second-order valence-corrected chi connectivity index (χ2v) is 5.78. The first-order chi connectivity index (χ1) is 10.2. The summed E-state index contributed by atoms with van der Waals surface area (Å²) in [5.41, 5.74) is 1.04. The average molecular weight is 306 g/mol. The van der Waals surface area contributed by atoms with Crippen molar-refractivity contribution in [3.63, 3.8) is 0 Å². The Morgan fingerprint density at radius 2 is 2.05 bits per heavy atom.